The summed E-state index contributed by atoms with van der Waals surface area (Å²) in [6, 6.07) is 12.3. The van der Waals surface area contributed by atoms with Crippen molar-refractivity contribution in [3.8, 4) is 11.5 Å². The molecule has 0 radical (unpaired) electrons. The number of thioether (sulfide) groups is 4. The van der Waals surface area contributed by atoms with E-state index in [-0.39, 0.29) is 0 Å². The highest BCUT2D eigenvalue weighted by Crippen LogP contribution is 2.38. The van der Waals surface area contributed by atoms with E-state index in [4.69, 9.17) is 19.5 Å². The van der Waals surface area contributed by atoms with Crippen LogP contribution in [0.25, 0.3) is 0 Å². The van der Waals surface area contributed by atoms with E-state index < -0.39 is 0 Å². The number of benzene rings is 2. The third kappa shape index (κ3) is 6.65. The molecule has 4 rings (SSSR count). The molecule has 8 heteroatoms. The highest BCUT2D eigenvalue weighted by molar-refractivity contribution is 8.39. The molecule has 32 heavy (non-hydrogen) atoms. The summed E-state index contributed by atoms with van der Waals surface area (Å²) >= 11 is 7.48. The van der Waals surface area contributed by atoms with E-state index in [1.165, 1.54) is 45.6 Å². The SMILES string of the molecule is COc1ccc2c(c1)CSC(SCCCCCCSC1=Nc3ccc(OC)cc3CS1)=N2. The lowest BCUT2D eigenvalue weighted by atomic mass is 10.2. The average molecular weight is 505 g/mol. The summed E-state index contributed by atoms with van der Waals surface area (Å²) in [5, 5.41) is 0. The second kappa shape index (κ2) is 12.3. The van der Waals surface area contributed by atoms with Crippen molar-refractivity contribution in [1.82, 2.24) is 0 Å². The van der Waals surface area contributed by atoms with Crippen LogP contribution < -0.4 is 9.47 Å². The maximum Gasteiger partial charge on any atom is 0.130 e. The molecule has 0 amide bonds. The van der Waals surface area contributed by atoms with Gasteiger partial charge in [0.2, 0.25) is 0 Å². The van der Waals surface area contributed by atoms with Crippen LogP contribution in [0.15, 0.2) is 46.4 Å². The van der Waals surface area contributed by atoms with Crippen molar-refractivity contribution >= 4 is 67.2 Å². The molecule has 4 nitrogen and oxygen atoms in total. The second-order valence-corrected chi connectivity index (χ2v) is 12.0. The summed E-state index contributed by atoms with van der Waals surface area (Å²) in [4.78, 5) is 9.61. The smallest absolute Gasteiger partial charge is 0.130 e. The van der Waals surface area contributed by atoms with Gasteiger partial charge in [0.1, 0.15) is 20.3 Å². The zero-order chi connectivity index (χ0) is 22.2. The minimum atomic E-state index is 0.911. The molecule has 2 aromatic carbocycles. The van der Waals surface area contributed by atoms with Gasteiger partial charge in [-0.15, -0.1) is 0 Å². The first-order valence-corrected chi connectivity index (χ1v) is 14.7. The van der Waals surface area contributed by atoms with Crippen LogP contribution in [-0.4, -0.2) is 34.5 Å². The zero-order valence-corrected chi connectivity index (χ0v) is 21.7. The van der Waals surface area contributed by atoms with Crippen LogP contribution in [-0.2, 0) is 11.5 Å². The number of aliphatic imine (C=N–C) groups is 2. The van der Waals surface area contributed by atoms with Gasteiger partial charge < -0.3 is 9.47 Å². The fourth-order valence-corrected chi connectivity index (χ4v) is 7.63. The van der Waals surface area contributed by atoms with E-state index in [2.05, 4.69) is 24.3 Å². The molecule has 0 aliphatic carbocycles. The summed E-state index contributed by atoms with van der Waals surface area (Å²) < 4.78 is 13.0. The number of methoxy groups -OCH3 is 2. The molecule has 0 fully saturated rings. The van der Waals surface area contributed by atoms with Gasteiger partial charge in [0.15, 0.2) is 0 Å². The summed E-state index contributed by atoms with van der Waals surface area (Å²) in [5.74, 6) is 6.08. The van der Waals surface area contributed by atoms with Crippen molar-refractivity contribution in [2.45, 2.75) is 37.2 Å². The number of unbranched alkanes of at least 4 members (excludes halogenated alkanes) is 3. The van der Waals surface area contributed by atoms with E-state index >= 15 is 0 Å². The molecule has 0 bridgehead atoms. The Morgan fingerprint density at radius 1 is 0.719 bits per heavy atom. The molecule has 2 aliphatic heterocycles. The summed E-state index contributed by atoms with van der Waals surface area (Å²) in [6.45, 7) is 0. The van der Waals surface area contributed by atoms with Crippen molar-refractivity contribution in [2.24, 2.45) is 9.98 Å². The quantitative estimate of drug-likeness (QED) is 0.323. The largest absolute Gasteiger partial charge is 0.497 e. The minimum Gasteiger partial charge on any atom is -0.497 e. The normalized spacial score (nSPS) is 14.8. The highest BCUT2D eigenvalue weighted by atomic mass is 32.2. The number of hydrogen-bond acceptors (Lipinski definition) is 8. The summed E-state index contributed by atoms with van der Waals surface area (Å²) in [7, 11) is 3.42. The van der Waals surface area contributed by atoms with Crippen molar-refractivity contribution < 1.29 is 9.47 Å². The molecule has 0 saturated heterocycles. The van der Waals surface area contributed by atoms with Crippen molar-refractivity contribution in [3.05, 3.63) is 47.5 Å². The van der Waals surface area contributed by atoms with Gasteiger partial charge >= 0.3 is 0 Å². The van der Waals surface area contributed by atoms with Gasteiger partial charge in [-0.2, -0.15) is 0 Å². The van der Waals surface area contributed by atoms with Crippen LogP contribution in [0.5, 0.6) is 11.5 Å². The fourth-order valence-electron chi connectivity index (χ4n) is 3.39. The fraction of sp³-hybridized carbons (Fsp3) is 0.417. The Labute approximate surface area is 207 Å². The Bertz CT molecular complexity index is 914. The van der Waals surface area contributed by atoms with Crippen molar-refractivity contribution in [3.63, 3.8) is 0 Å². The van der Waals surface area contributed by atoms with Crippen LogP contribution >= 0.6 is 47.0 Å². The van der Waals surface area contributed by atoms with Gasteiger partial charge in [-0.3, -0.25) is 0 Å². The third-order valence-electron chi connectivity index (χ3n) is 5.19. The molecule has 0 aromatic heterocycles. The number of ether oxygens (including phenoxy) is 2. The van der Waals surface area contributed by atoms with E-state index in [9.17, 15) is 0 Å². The van der Waals surface area contributed by atoms with Crippen molar-refractivity contribution in [1.29, 1.82) is 0 Å². The molecule has 0 unspecified atom stereocenters. The maximum atomic E-state index is 5.31. The minimum absolute atomic E-state index is 0.911. The number of fused-ring (bicyclic) bond motifs is 2. The molecular formula is C24H28N2O2S4. The Morgan fingerprint density at radius 3 is 1.62 bits per heavy atom. The molecule has 0 spiro atoms. The summed E-state index contributed by atoms with van der Waals surface area (Å²) in [5.41, 5.74) is 4.71. The van der Waals surface area contributed by atoms with Crippen LogP contribution in [0.2, 0.25) is 0 Å². The molecule has 0 N–H and O–H groups in total. The van der Waals surface area contributed by atoms with Gasteiger partial charge in [-0.1, -0.05) is 59.9 Å². The van der Waals surface area contributed by atoms with Crippen LogP contribution in [0.4, 0.5) is 11.4 Å². The Morgan fingerprint density at radius 2 is 1.19 bits per heavy atom. The van der Waals surface area contributed by atoms with Crippen molar-refractivity contribution in [2.75, 3.05) is 25.7 Å². The van der Waals surface area contributed by atoms with E-state index in [0.29, 0.717) is 0 Å². The molecular weight excluding hydrogens is 477 g/mol. The molecule has 170 valence electrons. The van der Waals surface area contributed by atoms with Gasteiger partial charge in [0, 0.05) is 23.0 Å². The standard InChI is InChI=1S/C24H28N2O2S4/c1-27-19-7-9-21-17(13-19)15-31-23(25-21)29-11-5-3-4-6-12-30-24-26-22-10-8-20(28-2)14-18(22)16-32-24/h7-10,13-14H,3-6,11-12,15-16H2,1-2H3. The van der Waals surface area contributed by atoms with E-state index in [1.807, 2.05) is 59.2 Å². The molecule has 2 heterocycles. The number of rotatable bonds is 9. The molecule has 0 saturated carbocycles. The average Bonchev–Trinajstić information content (AvgIpc) is 2.84. The van der Waals surface area contributed by atoms with E-state index in [0.717, 1.165) is 45.9 Å². The first-order chi connectivity index (χ1) is 15.7. The second-order valence-electron chi connectivity index (χ2n) is 7.43. The Kier molecular flexibility index (Phi) is 9.20. The van der Waals surface area contributed by atoms with Crippen LogP contribution in [0.1, 0.15) is 36.8 Å². The Balaban J connectivity index is 1.10. The lowest BCUT2D eigenvalue weighted by Crippen LogP contribution is -1.98. The summed E-state index contributed by atoms with van der Waals surface area (Å²) in [6.07, 6.45) is 5.05. The number of hydrogen-bond donors (Lipinski definition) is 0. The van der Waals surface area contributed by atoms with Crippen LogP contribution in [0, 0.1) is 0 Å². The van der Waals surface area contributed by atoms with Gasteiger partial charge in [0.25, 0.3) is 0 Å². The molecule has 0 atom stereocenters. The lowest BCUT2D eigenvalue weighted by Gasteiger charge is -2.15. The molecule has 2 aliphatic rings. The number of nitrogens with zero attached hydrogens (tertiary/aromatic N) is 2. The topological polar surface area (TPSA) is 43.2 Å². The van der Waals surface area contributed by atoms with Gasteiger partial charge in [-0.25, -0.2) is 9.98 Å². The third-order valence-corrected chi connectivity index (χ3v) is 9.85. The maximum absolute atomic E-state index is 5.31. The predicted octanol–water partition coefficient (Wildman–Crippen LogP) is 7.90. The first kappa shape index (κ1) is 23.9. The zero-order valence-electron chi connectivity index (χ0n) is 18.5. The molecule has 2 aromatic rings. The highest BCUT2D eigenvalue weighted by Gasteiger charge is 2.15. The predicted molar refractivity (Wildman–Crippen MR) is 146 cm³/mol. The van der Waals surface area contributed by atoms with Crippen LogP contribution in [0.3, 0.4) is 0 Å². The van der Waals surface area contributed by atoms with E-state index in [1.54, 1.807) is 14.2 Å². The Hall–Kier alpha value is -1.22. The lowest BCUT2D eigenvalue weighted by molar-refractivity contribution is 0.414. The first-order valence-electron chi connectivity index (χ1n) is 10.8. The van der Waals surface area contributed by atoms with Gasteiger partial charge in [0.05, 0.1) is 25.6 Å². The monoisotopic (exact) mass is 504 g/mol. The van der Waals surface area contributed by atoms with Gasteiger partial charge in [-0.05, 0) is 60.4 Å².